The van der Waals surface area contributed by atoms with E-state index in [1.54, 1.807) is 13.0 Å². The zero-order valence-electron chi connectivity index (χ0n) is 10.0. The van der Waals surface area contributed by atoms with Crippen LogP contribution in [0.2, 0.25) is 0 Å². The fraction of sp³-hybridized carbons (Fsp3) is 0.400. The summed E-state index contributed by atoms with van der Waals surface area (Å²) in [6, 6.07) is 3.11. The van der Waals surface area contributed by atoms with Gasteiger partial charge in [0.1, 0.15) is 5.82 Å². The minimum absolute atomic E-state index is 0.102. The van der Waals surface area contributed by atoms with Crippen LogP contribution in [-0.2, 0) is 10.0 Å². The van der Waals surface area contributed by atoms with Crippen molar-refractivity contribution in [2.24, 2.45) is 5.73 Å². The lowest BCUT2D eigenvalue weighted by Crippen LogP contribution is -2.29. The maximum Gasteiger partial charge on any atom is 0.252 e. The van der Waals surface area contributed by atoms with E-state index in [-0.39, 0.29) is 23.7 Å². The lowest BCUT2D eigenvalue weighted by atomic mass is 10.2. The molecule has 0 aliphatic heterocycles. The first-order chi connectivity index (χ1) is 8.46. The lowest BCUT2D eigenvalue weighted by molar-refractivity contribution is 0.100. The van der Waals surface area contributed by atoms with Gasteiger partial charge in [0.05, 0.1) is 11.3 Å². The van der Waals surface area contributed by atoms with E-state index in [1.807, 2.05) is 0 Å². The highest BCUT2D eigenvalue weighted by atomic mass is 32.2. The summed E-state index contributed by atoms with van der Waals surface area (Å²) in [6.07, 6.45) is 1.49. The quantitative estimate of drug-likeness (QED) is 0.621. The van der Waals surface area contributed by atoms with Gasteiger partial charge in [0, 0.05) is 19.3 Å². The van der Waals surface area contributed by atoms with Crippen molar-refractivity contribution in [3.8, 4) is 0 Å². The number of anilines is 1. The topological polar surface area (TPSA) is 114 Å². The Morgan fingerprint density at radius 1 is 1.50 bits per heavy atom. The largest absolute Gasteiger partial charge is 0.368 e. The minimum atomic E-state index is -3.29. The highest BCUT2D eigenvalue weighted by Crippen LogP contribution is 2.09. The number of carbonyl (C=O) groups excluding carboxylic acids is 1. The summed E-state index contributed by atoms with van der Waals surface area (Å²) >= 11 is 0. The van der Waals surface area contributed by atoms with E-state index in [9.17, 15) is 13.2 Å². The molecule has 0 fully saturated rings. The van der Waals surface area contributed by atoms with Crippen molar-refractivity contribution in [2.45, 2.75) is 6.92 Å². The van der Waals surface area contributed by atoms with E-state index in [0.29, 0.717) is 6.54 Å². The molecule has 1 rings (SSSR count). The Morgan fingerprint density at radius 2 is 2.22 bits per heavy atom. The molecular weight excluding hydrogens is 256 g/mol. The number of primary amides is 1. The van der Waals surface area contributed by atoms with E-state index < -0.39 is 15.9 Å². The smallest absolute Gasteiger partial charge is 0.252 e. The lowest BCUT2D eigenvalue weighted by Gasteiger charge is -2.09. The monoisotopic (exact) mass is 272 g/mol. The Balaban J connectivity index is 2.62. The molecule has 1 aromatic heterocycles. The number of pyridine rings is 1. The standard InChI is InChI=1S/C10H16N4O3S/c1-2-14-18(16,17)7-6-13-10-8(9(11)15)4-3-5-12-10/h3-5,14H,2,6-7H2,1H3,(H2,11,15)(H,12,13). The van der Waals surface area contributed by atoms with E-state index >= 15 is 0 Å². The third kappa shape index (κ3) is 4.30. The average molecular weight is 272 g/mol. The molecule has 0 saturated carbocycles. The van der Waals surface area contributed by atoms with Gasteiger partial charge in [0.2, 0.25) is 10.0 Å². The van der Waals surface area contributed by atoms with Gasteiger partial charge in [-0.3, -0.25) is 4.79 Å². The summed E-state index contributed by atoms with van der Waals surface area (Å²) in [5.41, 5.74) is 5.40. The summed E-state index contributed by atoms with van der Waals surface area (Å²) in [5.74, 6) is -0.424. The van der Waals surface area contributed by atoms with Crippen molar-refractivity contribution in [1.29, 1.82) is 0 Å². The average Bonchev–Trinajstić information content (AvgIpc) is 2.29. The Hall–Kier alpha value is -1.67. The Kier molecular flexibility index (Phi) is 5.05. The SMILES string of the molecule is CCNS(=O)(=O)CCNc1ncccc1C(N)=O. The van der Waals surface area contributed by atoms with Crippen LogP contribution in [0.4, 0.5) is 5.82 Å². The fourth-order valence-corrected chi connectivity index (χ4v) is 2.30. The van der Waals surface area contributed by atoms with Crippen LogP contribution in [-0.4, -0.2) is 38.2 Å². The van der Waals surface area contributed by atoms with Crippen LogP contribution in [0, 0.1) is 0 Å². The summed E-state index contributed by atoms with van der Waals surface area (Å²) < 4.78 is 25.1. The molecule has 0 spiro atoms. The van der Waals surface area contributed by atoms with Gasteiger partial charge in [0.25, 0.3) is 5.91 Å². The molecule has 100 valence electrons. The second kappa shape index (κ2) is 6.31. The van der Waals surface area contributed by atoms with Crippen LogP contribution in [0.1, 0.15) is 17.3 Å². The number of hydrogen-bond acceptors (Lipinski definition) is 5. The van der Waals surface area contributed by atoms with Crippen LogP contribution in [0.15, 0.2) is 18.3 Å². The molecule has 8 heteroatoms. The number of nitrogens with two attached hydrogens (primary N) is 1. The third-order valence-corrected chi connectivity index (χ3v) is 3.57. The molecule has 0 unspecified atom stereocenters. The molecule has 0 bridgehead atoms. The Labute approximate surface area is 106 Å². The number of aromatic nitrogens is 1. The molecule has 0 aromatic carbocycles. The van der Waals surface area contributed by atoms with Gasteiger partial charge in [-0.1, -0.05) is 6.92 Å². The van der Waals surface area contributed by atoms with Gasteiger partial charge >= 0.3 is 0 Å². The predicted molar refractivity (Wildman–Crippen MR) is 68.7 cm³/mol. The molecule has 0 aliphatic rings. The van der Waals surface area contributed by atoms with Gasteiger partial charge in [-0.25, -0.2) is 18.1 Å². The fourth-order valence-electron chi connectivity index (χ4n) is 1.34. The van der Waals surface area contributed by atoms with Gasteiger partial charge in [-0.05, 0) is 12.1 Å². The molecule has 1 heterocycles. The van der Waals surface area contributed by atoms with E-state index in [1.165, 1.54) is 12.3 Å². The second-order valence-corrected chi connectivity index (χ2v) is 5.43. The molecule has 7 nitrogen and oxygen atoms in total. The number of hydrogen-bond donors (Lipinski definition) is 3. The van der Waals surface area contributed by atoms with Gasteiger partial charge in [0.15, 0.2) is 0 Å². The molecule has 1 aromatic rings. The zero-order valence-corrected chi connectivity index (χ0v) is 10.8. The van der Waals surface area contributed by atoms with Crippen molar-refractivity contribution in [2.75, 3.05) is 24.2 Å². The second-order valence-electron chi connectivity index (χ2n) is 3.51. The van der Waals surface area contributed by atoms with Crippen LogP contribution >= 0.6 is 0 Å². The van der Waals surface area contributed by atoms with Crippen molar-refractivity contribution >= 4 is 21.7 Å². The van der Waals surface area contributed by atoms with Gasteiger partial charge < -0.3 is 11.1 Å². The number of nitrogens with one attached hydrogen (secondary N) is 2. The first-order valence-corrected chi connectivity index (χ1v) is 7.07. The number of carbonyl (C=O) groups is 1. The normalized spacial score (nSPS) is 11.2. The molecule has 0 saturated heterocycles. The van der Waals surface area contributed by atoms with Crippen LogP contribution in [0.25, 0.3) is 0 Å². The van der Waals surface area contributed by atoms with Crippen LogP contribution < -0.4 is 15.8 Å². The molecule has 0 aliphatic carbocycles. The van der Waals surface area contributed by atoms with Crippen molar-refractivity contribution in [1.82, 2.24) is 9.71 Å². The summed E-state index contributed by atoms with van der Waals surface area (Å²) in [6.45, 7) is 2.19. The highest BCUT2D eigenvalue weighted by Gasteiger charge is 2.11. The van der Waals surface area contributed by atoms with Crippen molar-refractivity contribution in [3.05, 3.63) is 23.9 Å². The maximum absolute atomic E-state index is 11.4. The minimum Gasteiger partial charge on any atom is -0.368 e. The Bertz CT molecular complexity index is 516. The first kappa shape index (κ1) is 14.4. The van der Waals surface area contributed by atoms with Crippen molar-refractivity contribution in [3.63, 3.8) is 0 Å². The summed E-state index contributed by atoms with van der Waals surface area (Å²) in [4.78, 5) is 15.0. The first-order valence-electron chi connectivity index (χ1n) is 5.42. The molecule has 0 atom stereocenters. The predicted octanol–water partition coefficient (Wildman–Crippen LogP) is -0.468. The number of sulfonamides is 1. The highest BCUT2D eigenvalue weighted by molar-refractivity contribution is 7.89. The van der Waals surface area contributed by atoms with E-state index in [2.05, 4.69) is 15.0 Å². The zero-order chi connectivity index (χ0) is 13.6. The summed E-state index contributed by atoms with van der Waals surface area (Å²) in [7, 11) is -3.29. The van der Waals surface area contributed by atoms with E-state index in [0.717, 1.165) is 0 Å². The van der Waals surface area contributed by atoms with Crippen molar-refractivity contribution < 1.29 is 13.2 Å². The van der Waals surface area contributed by atoms with Crippen LogP contribution in [0.5, 0.6) is 0 Å². The third-order valence-electron chi connectivity index (χ3n) is 2.10. The van der Waals surface area contributed by atoms with Gasteiger partial charge in [-0.15, -0.1) is 0 Å². The molecule has 4 N–H and O–H groups in total. The number of rotatable bonds is 7. The van der Waals surface area contributed by atoms with Gasteiger partial charge in [-0.2, -0.15) is 0 Å². The summed E-state index contributed by atoms with van der Waals surface area (Å²) in [5, 5.41) is 2.78. The molecule has 18 heavy (non-hydrogen) atoms. The molecular formula is C10H16N4O3S. The molecule has 0 radical (unpaired) electrons. The Morgan fingerprint density at radius 3 is 2.83 bits per heavy atom. The van der Waals surface area contributed by atoms with Crippen LogP contribution in [0.3, 0.4) is 0 Å². The number of nitrogens with zero attached hydrogens (tertiary/aromatic N) is 1. The maximum atomic E-state index is 11.4. The van der Waals surface area contributed by atoms with E-state index in [4.69, 9.17) is 5.73 Å². The number of amides is 1. The molecule has 1 amide bonds.